The number of phosphoric acid groups is 1. The van der Waals surface area contributed by atoms with Gasteiger partial charge in [-0.25, -0.2) is 4.57 Å². The lowest BCUT2D eigenvalue weighted by molar-refractivity contribution is -0.154. The first-order valence-corrected chi connectivity index (χ1v) is 21.9. The zero-order valence-electron chi connectivity index (χ0n) is 32.5. The molecule has 0 bridgehead atoms. The van der Waals surface area contributed by atoms with Crippen molar-refractivity contribution < 1.29 is 42.7 Å². The molecule has 0 saturated heterocycles. The summed E-state index contributed by atoms with van der Waals surface area (Å²) < 4.78 is 33.3. The van der Waals surface area contributed by atoms with Crippen LogP contribution in [0.2, 0.25) is 0 Å². The van der Waals surface area contributed by atoms with Crippen LogP contribution in [0.1, 0.15) is 181 Å². The van der Waals surface area contributed by atoms with Crippen LogP contribution in [0.15, 0.2) is 24.3 Å². The molecule has 0 fully saturated rings. The van der Waals surface area contributed by atoms with E-state index in [0.717, 1.165) is 57.8 Å². The van der Waals surface area contributed by atoms with E-state index < -0.39 is 45.1 Å². The van der Waals surface area contributed by atoms with E-state index in [9.17, 15) is 19.0 Å². The number of allylic oxidation sites excluding steroid dienone is 4. The predicted molar refractivity (Wildman–Crippen MR) is 208 cm³/mol. The second-order valence-corrected chi connectivity index (χ2v) is 15.2. The van der Waals surface area contributed by atoms with Gasteiger partial charge in [0.2, 0.25) is 0 Å². The number of esters is 1. The van der Waals surface area contributed by atoms with E-state index >= 15 is 0 Å². The van der Waals surface area contributed by atoms with Crippen LogP contribution < -0.4 is 5.73 Å². The summed E-state index contributed by atoms with van der Waals surface area (Å²) in [6, 6.07) is -1.47. The molecule has 0 aromatic carbocycles. The van der Waals surface area contributed by atoms with Crippen LogP contribution in [0.5, 0.6) is 0 Å². The third-order valence-corrected chi connectivity index (χ3v) is 9.65. The first-order chi connectivity index (χ1) is 24.7. The fraction of sp³-hybridized carbons (Fsp3) is 0.850. The number of carboxylic acids is 1. The van der Waals surface area contributed by atoms with Gasteiger partial charge in [0.25, 0.3) is 0 Å². The van der Waals surface area contributed by atoms with E-state index in [2.05, 4.69) is 38.2 Å². The number of phosphoric ester groups is 1. The molecule has 0 aromatic rings. The van der Waals surface area contributed by atoms with Crippen LogP contribution in [0.4, 0.5) is 0 Å². The number of carbonyl (C=O) groups is 2. The zero-order chi connectivity index (χ0) is 37.7. The van der Waals surface area contributed by atoms with Gasteiger partial charge in [-0.1, -0.05) is 134 Å². The molecular formula is C40H76NO9P. The Morgan fingerprint density at radius 1 is 0.608 bits per heavy atom. The Labute approximate surface area is 311 Å². The third-order valence-electron chi connectivity index (χ3n) is 8.70. The molecule has 0 aliphatic rings. The quantitative estimate of drug-likeness (QED) is 0.0240. The summed E-state index contributed by atoms with van der Waals surface area (Å²) in [5, 5.41) is 8.87. The number of aliphatic carboxylic acids is 1. The van der Waals surface area contributed by atoms with Crippen molar-refractivity contribution >= 4 is 19.8 Å². The van der Waals surface area contributed by atoms with Crippen LogP contribution in [0, 0.1) is 0 Å². The van der Waals surface area contributed by atoms with Gasteiger partial charge in [0, 0.05) is 13.0 Å². The highest BCUT2D eigenvalue weighted by molar-refractivity contribution is 7.47. The van der Waals surface area contributed by atoms with Crippen LogP contribution in [0.3, 0.4) is 0 Å². The van der Waals surface area contributed by atoms with E-state index in [0.29, 0.717) is 13.0 Å². The van der Waals surface area contributed by atoms with Crippen molar-refractivity contribution in [2.75, 3.05) is 26.4 Å². The normalized spacial score (nSPS) is 14.3. The molecule has 0 amide bonds. The van der Waals surface area contributed by atoms with Crippen molar-refractivity contribution in [3.05, 3.63) is 24.3 Å². The van der Waals surface area contributed by atoms with Crippen molar-refractivity contribution in [2.24, 2.45) is 5.73 Å². The van der Waals surface area contributed by atoms with Gasteiger partial charge in [-0.05, 0) is 64.2 Å². The van der Waals surface area contributed by atoms with Crippen LogP contribution >= 0.6 is 7.82 Å². The summed E-state index contributed by atoms with van der Waals surface area (Å²) in [6.07, 6.45) is 37.9. The fourth-order valence-corrected chi connectivity index (χ4v) is 6.25. The molecule has 0 aliphatic heterocycles. The molecule has 300 valence electrons. The van der Waals surface area contributed by atoms with Crippen LogP contribution in [-0.2, 0) is 32.7 Å². The second-order valence-electron chi connectivity index (χ2n) is 13.8. The van der Waals surface area contributed by atoms with Crippen LogP contribution in [-0.4, -0.2) is 60.5 Å². The lowest BCUT2D eigenvalue weighted by Gasteiger charge is -2.20. The summed E-state index contributed by atoms with van der Waals surface area (Å²) in [5.74, 6) is -1.79. The molecule has 0 aliphatic carbocycles. The van der Waals surface area contributed by atoms with Gasteiger partial charge in [-0.2, -0.15) is 0 Å². The van der Waals surface area contributed by atoms with E-state index in [4.69, 9.17) is 29.4 Å². The Morgan fingerprint density at radius 2 is 1.02 bits per heavy atom. The Hall–Kier alpha value is -1.55. The number of nitrogens with two attached hydrogens (primary N) is 1. The number of unbranched alkanes of at least 4 members (excludes halogenated alkanes) is 21. The van der Waals surface area contributed by atoms with Gasteiger partial charge in [0.05, 0.1) is 19.8 Å². The monoisotopic (exact) mass is 746 g/mol. The SMILES string of the molecule is CCCCCCC/C=C\CCCCCCCCOCC(COP(=O)(O)OCC(N)C(=O)O)OC(=O)CCCCCCC/C=C\CCCCCCC. The molecular weight excluding hydrogens is 669 g/mol. The highest BCUT2D eigenvalue weighted by atomic mass is 31.2. The molecule has 0 saturated carbocycles. The highest BCUT2D eigenvalue weighted by Crippen LogP contribution is 2.43. The summed E-state index contributed by atoms with van der Waals surface area (Å²) in [6.45, 7) is 3.84. The highest BCUT2D eigenvalue weighted by Gasteiger charge is 2.27. The number of rotatable bonds is 39. The lowest BCUT2D eigenvalue weighted by Crippen LogP contribution is -2.34. The van der Waals surface area contributed by atoms with Crippen molar-refractivity contribution in [1.29, 1.82) is 0 Å². The average Bonchev–Trinajstić information content (AvgIpc) is 3.10. The van der Waals surface area contributed by atoms with Crippen molar-refractivity contribution in [3.63, 3.8) is 0 Å². The van der Waals surface area contributed by atoms with Gasteiger partial charge >= 0.3 is 19.8 Å². The van der Waals surface area contributed by atoms with Gasteiger partial charge in [0.1, 0.15) is 12.1 Å². The predicted octanol–water partition coefficient (Wildman–Crippen LogP) is 10.8. The second kappa shape index (κ2) is 36.8. The fourth-order valence-electron chi connectivity index (χ4n) is 5.47. The molecule has 4 N–H and O–H groups in total. The first kappa shape index (κ1) is 49.5. The molecule has 51 heavy (non-hydrogen) atoms. The molecule has 0 rings (SSSR count). The van der Waals surface area contributed by atoms with Gasteiger partial charge in [-0.15, -0.1) is 0 Å². The van der Waals surface area contributed by atoms with Crippen LogP contribution in [0.25, 0.3) is 0 Å². The van der Waals surface area contributed by atoms with Gasteiger partial charge in [-0.3, -0.25) is 18.6 Å². The number of ether oxygens (including phenoxy) is 2. The number of hydrogen-bond donors (Lipinski definition) is 3. The Bertz CT molecular complexity index is 914. The van der Waals surface area contributed by atoms with Crippen molar-refractivity contribution in [3.8, 4) is 0 Å². The number of hydrogen-bond acceptors (Lipinski definition) is 8. The van der Waals surface area contributed by atoms with Crippen molar-refractivity contribution in [1.82, 2.24) is 0 Å². The van der Waals surface area contributed by atoms with E-state index in [1.165, 1.54) is 96.3 Å². The lowest BCUT2D eigenvalue weighted by atomic mass is 10.1. The number of carbonyl (C=O) groups excluding carboxylic acids is 1. The molecule has 0 radical (unpaired) electrons. The summed E-state index contributed by atoms with van der Waals surface area (Å²) in [4.78, 5) is 33.4. The molecule has 3 atom stereocenters. The third kappa shape index (κ3) is 36.6. The maximum atomic E-state index is 12.6. The Balaban J connectivity index is 4.29. The van der Waals surface area contributed by atoms with E-state index in [-0.39, 0.29) is 13.0 Å². The first-order valence-electron chi connectivity index (χ1n) is 20.4. The van der Waals surface area contributed by atoms with Gasteiger partial charge < -0.3 is 25.2 Å². The maximum absolute atomic E-state index is 12.6. The van der Waals surface area contributed by atoms with Crippen molar-refractivity contribution in [2.45, 2.75) is 193 Å². The topological polar surface area (TPSA) is 155 Å². The smallest absolute Gasteiger partial charge is 0.472 e. The van der Waals surface area contributed by atoms with E-state index in [1.54, 1.807) is 0 Å². The molecule has 0 aromatic heterocycles. The van der Waals surface area contributed by atoms with E-state index in [1.807, 2.05) is 0 Å². The summed E-state index contributed by atoms with van der Waals surface area (Å²) >= 11 is 0. The standard InChI is InChI=1S/C40H76NO9P/c1-3-5-7-9-11-13-15-17-19-21-23-25-27-29-31-33-47-34-37(35-48-51(45,46)49-36-38(41)40(43)44)50-39(42)32-30-28-26-24-22-20-18-16-14-12-10-8-6-4-2/h15-18,37-38H,3-14,19-36,41H2,1-2H3,(H,43,44)(H,45,46)/b17-15-,18-16-. The number of carboxylic acid groups (broad SMARTS) is 1. The Kier molecular flexibility index (Phi) is 35.7. The zero-order valence-corrected chi connectivity index (χ0v) is 33.3. The minimum atomic E-state index is -4.61. The van der Waals surface area contributed by atoms with Gasteiger partial charge in [0.15, 0.2) is 0 Å². The summed E-state index contributed by atoms with van der Waals surface area (Å²) in [5.41, 5.74) is 5.34. The average molecular weight is 746 g/mol. The largest absolute Gasteiger partial charge is 0.480 e. The molecule has 11 heteroatoms. The molecule has 0 spiro atoms. The summed E-state index contributed by atoms with van der Waals surface area (Å²) in [7, 11) is -4.61. The minimum absolute atomic E-state index is 0.0115. The maximum Gasteiger partial charge on any atom is 0.472 e. The molecule has 0 heterocycles. The molecule has 10 nitrogen and oxygen atoms in total. The molecule has 3 unspecified atom stereocenters. The Morgan fingerprint density at radius 3 is 1.49 bits per heavy atom. The minimum Gasteiger partial charge on any atom is -0.480 e.